The first-order valence-electron chi connectivity index (χ1n) is 6.02. The van der Waals surface area contributed by atoms with Crippen LogP contribution in [0.4, 0.5) is 13.2 Å². The molecule has 0 amide bonds. The van der Waals surface area contributed by atoms with E-state index in [0.29, 0.717) is 6.07 Å². The predicted octanol–water partition coefficient (Wildman–Crippen LogP) is 2.48. The summed E-state index contributed by atoms with van der Waals surface area (Å²) in [7, 11) is 0. The summed E-state index contributed by atoms with van der Waals surface area (Å²) in [6.45, 7) is 1.33. The van der Waals surface area contributed by atoms with Gasteiger partial charge in [-0.1, -0.05) is 17.8 Å². The third kappa shape index (κ3) is 5.22. The van der Waals surface area contributed by atoms with E-state index in [-0.39, 0.29) is 17.3 Å². The van der Waals surface area contributed by atoms with Gasteiger partial charge in [0.2, 0.25) is 0 Å². The highest BCUT2D eigenvalue weighted by atomic mass is 32.2. The summed E-state index contributed by atoms with van der Waals surface area (Å²) in [6.07, 6.45) is -8.00. The molecule has 21 heavy (non-hydrogen) atoms. The van der Waals surface area contributed by atoms with Crippen LogP contribution in [-0.4, -0.2) is 32.3 Å². The van der Waals surface area contributed by atoms with E-state index in [0.717, 1.165) is 23.9 Å². The molecule has 1 aromatic rings. The van der Waals surface area contributed by atoms with Gasteiger partial charge >= 0.3 is 6.18 Å². The molecule has 3 N–H and O–H groups in total. The average Bonchev–Trinajstić information content (AvgIpc) is 2.36. The molecule has 1 rings (SSSR count). The zero-order chi connectivity index (χ0) is 16.2. The number of benzene rings is 1. The van der Waals surface area contributed by atoms with Crippen molar-refractivity contribution in [2.45, 2.75) is 31.7 Å². The molecule has 0 saturated carbocycles. The molecule has 0 aliphatic heterocycles. The Morgan fingerprint density at radius 3 is 2.48 bits per heavy atom. The van der Waals surface area contributed by atoms with Crippen molar-refractivity contribution in [3.63, 3.8) is 0 Å². The van der Waals surface area contributed by atoms with E-state index in [2.05, 4.69) is 0 Å². The van der Waals surface area contributed by atoms with Crippen molar-refractivity contribution in [2.24, 2.45) is 0 Å². The number of aliphatic hydroxyl groups excluding tert-OH is 2. The number of phenolic OH excluding ortho intramolecular Hbond substituents is 1. The molecule has 8 heteroatoms. The Kier molecular flexibility index (Phi) is 6.06. The number of aromatic hydroxyl groups is 1. The Morgan fingerprint density at radius 1 is 1.33 bits per heavy atom. The number of hydrogen-bond acceptors (Lipinski definition) is 5. The third-order valence-corrected chi connectivity index (χ3v) is 3.59. The molecule has 118 valence electrons. The Labute approximate surface area is 123 Å². The summed E-state index contributed by atoms with van der Waals surface area (Å²) in [5, 5.41) is 28.6. The van der Waals surface area contributed by atoms with Gasteiger partial charge in [0.1, 0.15) is 11.9 Å². The van der Waals surface area contributed by atoms with Crippen LogP contribution in [0.3, 0.4) is 0 Å². The Morgan fingerprint density at radius 2 is 1.95 bits per heavy atom. The van der Waals surface area contributed by atoms with E-state index < -0.39 is 35.3 Å². The monoisotopic (exact) mass is 324 g/mol. The standard InChI is InChI=1S/C13H15F3O4S/c1-7(17)21-5-4-11(19)12(20)9-3-2-8(18)6-10(9)13(14,15)16/h2-3,6,11-12,18-20H,4-5H2,1H3. The second kappa shape index (κ2) is 7.15. The summed E-state index contributed by atoms with van der Waals surface area (Å²) in [6, 6.07) is 2.42. The molecule has 0 spiro atoms. The van der Waals surface area contributed by atoms with Gasteiger partial charge < -0.3 is 15.3 Å². The highest BCUT2D eigenvalue weighted by molar-refractivity contribution is 8.13. The summed E-state index contributed by atoms with van der Waals surface area (Å²) < 4.78 is 38.6. The van der Waals surface area contributed by atoms with E-state index in [1.807, 2.05) is 0 Å². The molecule has 0 aromatic heterocycles. The van der Waals surface area contributed by atoms with Crippen LogP contribution in [0, 0.1) is 0 Å². The molecule has 0 heterocycles. The fourth-order valence-electron chi connectivity index (χ4n) is 1.74. The van der Waals surface area contributed by atoms with Crippen LogP contribution < -0.4 is 0 Å². The van der Waals surface area contributed by atoms with Crippen molar-refractivity contribution in [1.82, 2.24) is 0 Å². The normalized spacial score (nSPS) is 14.8. The van der Waals surface area contributed by atoms with Gasteiger partial charge in [0.15, 0.2) is 5.12 Å². The molecule has 0 radical (unpaired) electrons. The molecule has 0 aliphatic carbocycles. The van der Waals surface area contributed by atoms with Gasteiger partial charge in [-0.15, -0.1) is 0 Å². The van der Waals surface area contributed by atoms with Crippen LogP contribution >= 0.6 is 11.8 Å². The second-order valence-electron chi connectivity index (χ2n) is 4.41. The zero-order valence-electron chi connectivity index (χ0n) is 11.1. The highest BCUT2D eigenvalue weighted by Gasteiger charge is 2.36. The van der Waals surface area contributed by atoms with E-state index in [4.69, 9.17) is 5.11 Å². The topological polar surface area (TPSA) is 77.8 Å². The molecule has 0 saturated heterocycles. The highest BCUT2D eigenvalue weighted by Crippen LogP contribution is 2.37. The minimum absolute atomic E-state index is 0.0381. The van der Waals surface area contributed by atoms with E-state index in [1.54, 1.807) is 0 Å². The van der Waals surface area contributed by atoms with Crippen LogP contribution in [0.5, 0.6) is 5.75 Å². The van der Waals surface area contributed by atoms with Crippen molar-refractivity contribution in [3.8, 4) is 5.75 Å². The number of phenols is 1. The Hall–Kier alpha value is -1.25. The maximum atomic E-state index is 12.9. The van der Waals surface area contributed by atoms with Crippen LogP contribution in [0.2, 0.25) is 0 Å². The zero-order valence-corrected chi connectivity index (χ0v) is 11.9. The van der Waals surface area contributed by atoms with Crippen molar-refractivity contribution >= 4 is 16.9 Å². The fourth-order valence-corrected chi connectivity index (χ4v) is 2.38. The predicted molar refractivity (Wildman–Crippen MR) is 71.8 cm³/mol. The number of aliphatic hydroxyl groups is 2. The van der Waals surface area contributed by atoms with Crippen molar-refractivity contribution in [3.05, 3.63) is 29.3 Å². The molecule has 1 aromatic carbocycles. The number of alkyl halides is 3. The number of thioether (sulfide) groups is 1. The smallest absolute Gasteiger partial charge is 0.416 e. The van der Waals surface area contributed by atoms with Crippen LogP contribution in [-0.2, 0) is 11.0 Å². The maximum Gasteiger partial charge on any atom is 0.416 e. The lowest BCUT2D eigenvalue weighted by atomic mass is 9.97. The molecule has 0 aliphatic rings. The van der Waals surface area contributed by atoms with Crippen LogP contribution in [0.1, 0.15) is 30.6 Å². The first-order valence-corrected chi connectivity index (χ1v) is 7.01. The Balaban J connectivity index is 2.91. The largest absolute Gasteiger partial charge is 0.508 e. The molecule has 0 bridgehead atoms. The fraction of sp³-hybridized carbons (Fsp3) is 0.462. The first-order chi connectivity index (χ1) is 9.62. The average molecular weight is 324 g/mol. The van der Waals surface area contributed by atoms with E-state index >= 15 is 0 Å². The second-order valence-corrected chi connectivity index (χ2v) is 5.68. The van der Waals surface area contributed by atoms with Crippen LogP contribution in [0.15, 0.2) is 18.2 Å². The SMILES string of the molecule is CC(=O)SCCC(O)C(O)c1ccc(O)cc1C(F)(F)F. The maximum absolute atomic E-state index is 12.9. The Bertz CT molecular complexity index is 505. The third-order valence-electron chi connectivity index (χ3n) is 2.74. The van der Waals surface area contributed by atoms with Gasteiger partial charge in [-0.25, -0.2) is 0 Å². The lowest BCUT2D eigenvalue weighted by Crippen LogP contribution is -2.22. The lowest BCUT2D eigenvalue weighted by molar-refractivity contribution is -0.140. The number of halogens is 3. The van der Waals surface area contributed by atoms with Gasteiger partial charge in [0.25, 0.3) is 0 Å². The van der Waals surface area contributed by atoms with E-state index in [9.17, 15) is 28.2 Å². The molecule has 2 atom stereocenters. The van der Waals surface area contributed by atoms with Gasteiger partial charge in [0, 0.05) is 12.7 Å². The summed E-state index contributed by atoms with van der Waals surface area (Å²) in [5.74, 6) is -0.396. The van der Waals surface area contributed by atoms with Gasteiger partial charge in [0.05, 0.1) is 11.7 Å². The lowest BCUT2D eigenvalue weighted by Gasteiger charge is -2.22. The van der Waals surface area contributed by atoms with Crippen LogP contribution in [0.25, 0.3) is 0 Å². The number of rotatable bonds is 5. The molecular formula is C13H15F3O4S. The summed E-state index contributed by atoms with van der Waals surface area (Å²) >= 11 is 0.912. The first kappa shape index (κ1) is 17.8. The van der Waals surface area contributed by atoms with Crippen molar-refractivity contribution in [1.29, 1.82) is 0 Å². The number of hydrogen-bond donors (Lipinski definition) is 3. The van der Waals surface area contributed by atoms with Gasteiger partial charge in [-0.3, -0.25) is 4.79 Å². The quantitative estimate of drug-likeness (QED) is 0.775. The minimum atomic E-state index is -4.76. The van der Waals surface area contributed by atoms with Crippen molar-refractivity contribution in [2.75, 3.05) is 5.75 Å². The summed E-state index contributed by atoms with van der Waals surface area (Å²) in [5.41, 5.74) is -1.71. The molecule has 4 nitrogen and oxygen atoms in total. The van der Waals surface area contributed by atoms with E-state index in [1.165, 1.54) is 6.92 Å². The van der Waals surface area contributed by atoms with Gasteiger partial charge in [-0.2, -0.15) is 13.2 Å². The number of carbonyl (C=O) groups is 1. The minimum Gasteiger partial charge on any atom is -0.508 e. The van der Waals surface area contributed by atoms with Crippen molar-refractivity contribution < 1.29 is 33.3 Å². The molecular weight excluding hydrogens is 309 g/mol. The molecule has 2 unspecified atom stereocenters. The molecule has 0 fully saturated rings. The number of carbonyl (C=O) groups excluding carboxylic acids is 1. The summed E-state index contributed by atoms with van der Waals surface area (Å²) in [4.78, 5) is 10.7. The van der Waals surface area contributed by atoms with Gasteiger partial charge in [-0.05, 0) is 24.1 Å².